The Labute approximate surface area is 98.3 Å². The van der Waals surface area contributed by atoms with E-state index < -0.39 is 0 Å². The molecule has 2 N–H and O–H groups in total. The third-order valence-corrected chi connectivity index (χ3v) is 3.28. The molecule has 6 heteroatoms. The molecule has 1 atom stereocenters. The molecule has 0 aromatic carbocycles. The Kier molecular flexibility index (Phi) is 5.37. The molecule has 1 aromatic heterocycles. The van der Waals surface area contributed by atoms with Crippen molar-refractivity contribution in [2.75, 3.05) is 6.61 Å². The maximum atomic E-state index is 10.5. The van der Waals surface area contributed by atoms with E-state index in [4.69, 9.17) is 5.11 Å². The first-order valence-electron chi connectivity index (χ1n) is 5.21. The van der Waals surface area contributed by atoms with Gasteiger partial charge in [-0.3, -0.25) is 10.1 Å². The predicted octanol–water partition coefficient (Wildman–Crippen LogP) is 1.91. The van der Waals surface area contributed by atoms with Crippen LogP contribution in [0.15, 0.2) is 12.1 Å². The zero-order valence-corrected chi connectivity index (χ0v) is 10.00. The molecule has 16 heavy (non-hydrogen) atoms. The number of nitrogens with zero attached hydrogens (tertiary/aromatic N) is 1. The Bertz CT molecular complexity index is 341. The number of aliphatic hydroxyl groups excluding tert-OH is 1. The first kappa shape index (κ1) is 13.1. The first-order chi connectivity index (χ1) is 7.63. The topological polar surface area (TPSA) is 75.4 Å². The number of hydrogen-bond acceptors (Lipinski definition) is 5. The van der Waals surface area contributed by atoms with Crippen LogP contribution in [0.1, 0.15) is 24.6 Å². The first-order valence-corrected chi connectivity index (χ1v) is 6.02. The highest BCUT2D eigenvalue weighted by molar-refractivity contribution is 7.15. The number of thiophene rings is 1. The van der Waals surface area contributed by atoms with Gasteiger partial charge in [-0.2, -0.15) is 0 Å². The van der Waals surface area contributed by atoms with Crippen LogP contribution in [0.4, 0.5) is 5.00 Å². The molecule has 0 aliphatic heterocycles. The Morgan fingerprint density at radius 3 is 2.94 bits per heavy atom. The van der Waals surface area contributed by atoms with Crippen LogP contribution in [0.5, 0.6) is 0 Å². The molecule has 0 spiro atoms. The molecule has 0 saturated carbocycles. The molecule has 0 radical (unpaired) electrons. The van der Waals surface area contributed by atoms with Crippen molar-refractivity contribution in [3.05, 3.63) is 27.1 Å². The lowest BCUT2D eigenvalue weighted by atomic mass is 10.2. The fraction of sp³-hybridized carbons (Fsp3) is 0.600. The molecular formula is C10H16N2O3S. The molecule has 1 heterocycles. The van der Waals surface area contributed by atoms with E-state index >= 15 is 0 Å². The van der Waals surface area contributed by atoms with Crippen LogP contribution in [0, 0.1) is 10.1 Å². The number of hydrogen-bond donors (Lipinski definition) is 2. The maximum absolute atomic E-state index is 10.5. The van der Waals surface area contributed by atoms with Gasteiger partial charge in [-0.15, -0.1) is 0 Å². The van der Waals surface area contributed by atoms with Gasteiger partial charge in [0.05, 0.1) is 4.92 Å². The largest absolute Gasteiger partial charge is 0.396 e. The summed E-state index contributed by atoms with van der Waals surface area (Å²) in [6.07, 6.45) is 1.68. The fourth-order valence-electron chi connectivity index (χ4n) is 1.33. The van der Waals surface area contributed by atoms with Crippen LogP contribution < -0.4 is 5.32 Å². The Hall–Kier alpha value is -0.980. The van der Waals surface area contributed by atoms with Crippen molar-refractivity contribution in [3.8, 4) is 0 Å². The van der Waals surface area contributed by atoms with Gasteiger partial charge in [0.15, 0.2) is 0 Å². The van der Waals surface area contributed by atoms with Crippen LogP contribution >= 0.6 is 11.3 Å². The third kappa shape index (κ3) is 4.26. The van der Waals surface area contributed by atoms with E-state index in [-0.39, 0.29) is 16.5 Å². The zero-order valence-electron chi connectivity index (χ0n) is 9.18. The van der Waals surface area contributed by atoms with E-state index in [0.717, 1.165) is 17.7 Å². The van der Waals surface area contributed by atoms with E-state index in [2.05, 4.69) is 5.32 Å². The van der Waals surface area contributed by atoms with Crippen LogP contribution in [0.25, 0.3) is 0 Å². The van der Waals surface area contributed by atoms with Crippen molar-refractivity contribution < 1.29 is 10.0 Å². The molecule has 0 saturated heterocycles. The van der Waals surface area contributed by atoms with Crippen molar-refractivity contribution in [1.82, 2.24) is 5.32 Å². The van der Waals surface area contributed by atoms with Gasteiger partial charge in [0, 0.05) is 30.1 Å². The standard InChI is InChI=1S/C10H16N2O3S/c1-8(3-2-6-13)11-7-9-4-5-10(16-9)12(14)15/h4-5,8,11,13H,2-3,6-7H2,1H3. The lowest BCUT2D eigenvalue weighted by Gasteiger charge is -2.11. The van der Waals surface area contributed by atoms with Gasteiger partial charge in [-0.1, -0.05) is 11.3 Å². The summed E-state index contributed by atoms with van der Waals surface area (Å²) in [5, 5.41) is 22.6. The summed E-state index contributed by atoms with van der Waals surface area (Å²) in [5.41, 5.74) is 0. The Morgan fingerprint density at radius 2 is 2.38 bits per heavy atom. The molecule has 0 aliphatic rings. The molecule has 0 amide bonds. The minimum Gasteiger partial charge on any atom is -0.396 e. The van der Waals surface area contributed by atoms with Crippen molar-refractivity contribution in [2.45, 2.75) is 32.4 Å². The molecule has 90 valence electrons. The van der Waals surface area contributed by atoms with Crippen LogP contribution in [0.3, 0.4) is 0 Å². The van der Waals surface area contributed by atoms with Crippen molar-refractivity contribution in [1.29, 1.82) is 0 Å². The highest BCUT2D eigenvalue weighted by Crippen LogP contribution is 2.23. The van der Waals surface area contributed by atoms with Crippen molar-refractivity contribution in [2.24, 2.45) is 0 Å². The van der Waals surface area contributed by atoms with Gasteiger partial charge in [0.25, 0.3) is 0 Å². The summed E-state index contributed by atoms with van der Waals surface area (Å²) < 4.78 is 0. The Balaban J connectivity index is 2.33. The van der Waals surface area contributed by atoms with Gasteiger partial charge < -0.3 is 10.4 Å². The Morgan fingerprint density at radius 1 is 1.62 bits per heavy atom. The number of nitro groups is 1. The summed E-state index contributed by atoms with van der Waals surface area (Å²) in [4.78, 5) is 11.1. The molecular weight excluding hydrogens is 228 g/mol. The lowest BCUT2D eigenvalue weighted by Crippen LogP contribution is -2.25. The van der Waals surface area contributed by atoms with E-state index in [1.807, 2.05) is 6.92 Å². The smallest absolute Gasteiger partial charge is 0.324 e. The fourth-order valence-corrected chi connectivity index (χ4v) is 2.10. The van der Waals surface area contributed by atoms with Crippen LogP contribution in [-0.2, 0) is 6.54 Å². The second kappa shape index (κ2) is 6.57. The zero-order chi connectivity index (χ0) is 12.0. The van der Waals surface area contributed by atoms with E-state index in [0.29, 0.717) is 12.6 Å². The van der Waals surface area contributed by atoms with Gasteiger partial charge >= 0.3 is 5.00 Å². The monoisotopic (exact) mass is 244 g/mol. The molecule has 1 aromatic rings. The molecule has 0 fully saturated rings. The van der Waals surface area contributed by atoms with Crippen molar-refractivity contribution in [3.63, 3.8) is 0 Å². The molecule has 1 rings (SSSR count). The summed E-state index contributed by atoms with van der Waals surface area (Å²) in [6, 6.07) is 3.61. The van der Waals surface area contributed by atoms with Gasteiger partial charge in [0.2, 0.25) is 0 Å². The number of aliphatic hydroxyl groups is 1. The summed E-state index contributed by atoms with van der Waals surface area (Å²) >= 11 is 1.20. The molecule has 0 aliphatic carbocycles. The van der Waals surface area contributed by atoms with Crippen molar-refractivity contribution >= 4 is 16.3 Å². The van der Waals surface area contributed by atoms with E-state index in [9.17, 15) is 10.1 Å². The van der Waals surface area contributed by atoms with Gasteiger partial charge in [-0.05, 0) is 25.8 Å². The highest BCUT2D eigenvalue weighted by atomic mass is 32.1. The van der Waals surface area contributed by atoms with Gasteiger partial charge in [-0.25, -0.2) is 0 Å². The normalized spacial score (nSPS) is 12.6. The SMILES string of the molecule is CC(CCCO)NCc1ccc([N+](=O)[O-])s1. The highest BCUT2D eigenvalue weighted by Gasteiger charge is 2.10. The average Bonchev–Trinajstić information content (AvgIpc) is 2.72. The maximum Gasteiger partial charge on any atom is 0.324 e. The third-order valence-electron chi connectivity index (χ3n) is 2.25. The average molecular weight is 244 g/mol. The molecule has 5 nitrogen and oxygen atoms in total. The predicted molar refractivity (Wildman–Crippen MR) is 63.6 cm³/mol. The number of nitrogens with one attached hydrogen (secondary N) is 1. The summed E-state index contributed by atoms with van der Waals surface area (Å²) in [7, 11) is 0. The minimum absolute atomic E-state index is 0.180. The summed E-state index contributed by atoms with van der Waals surface area (Å²) in [5.74, 6) is 0. The van der Waals surface area contributed by atoms with Crippen LogP contribution in [-0.4, -0.2) is 22.7 Å². The second-order valence-electron chi connectivity index (χ2n) is 3.64. The second-order valence-corrected chi connectivity index (χ2v) is 4.79. The minimum atomic E-state index is -0.372. The van der Waals surface area contributed by atoms with E-state index in [1.54, 1.807) is 6.07 Å². The number of rotatable bonds is 7. The molecule has 0 bridgehead atoms. The molecule has 1 unspecified atom stereocenters. The van der Waals surface area contributed by atoms with E-state index in [1.165, 1.54) is 17.4 Å². The van der Waals surface area contributed by atoms with Crippen LogP contribution in [0.2, 0.25) is 0 Å². The lowest BCUT2D eigenvalue weighted by molar-refractivity contribution is -0.380. The summed E-state index contributed by atoms with van der Waals surface area (Å²) in [6.45, 7) is 2.89. The van der Waals surface area contributed by atoms with Gasteiger partial charge in [0.1, 0.15) is 0 Å². The quantitative estimate of drug-likeness (QED) is 0.567.